The number of aliphatic hydroxyl groups excluding tert-OH is 1. The lowest BCUT2D eigenvalue weighted by Crippen LogP contribution is -2.02. The zero-order chi connectivity index (χ0) is 4.99. The van der Waals surface area contributed by atoms with Crippen molar-refractivity contribution in [3.05, 3.63) is 0 Å². The van der Waals surface area contributed by atoms with Gasteiger partial charge < -0.3 is 5.11 Å². The highest BCUT2D eigenvalue weighted by atomic mass is 127. The summed E-state index contributed by atoms with van der Waals surface area (Å²) in [6.07, 6.45) is 0. The summed E-state index contributed by atoms with van der Waals surface area (Å²) in [5, 5.41) is 7.98. The molecule has 6 heavy (non-hydrogen) atoms. The zero-order valence-electron chi connectivity index (χ0n) is 3.15. The summed E-state index contributed by atoms with van der Waals surface area (Å²) in [6.45, 7) is -0.317. The molecule has 0 atom stereocenters. The molecule has 0 heterocycles. The van der Waals surface area contributed by atoms with Gasteiger partial charge in [-0.3, -0.25) is 4.79 Å². The first-order valence-electron chi connectivity index (χ1n) is 1.49. The van der Waals surface area contributed by atoms with Gasteiger partial charge in [0.2, 0.25) is 0 Å². The Hall–Kier alpha value is 0.360. The van der Waals surface area contributed by atoms with Gasteiger partial charge in [-0.1, -0.05) is 22.6 Å². The predicted octanol–water partition coefficient (Wildman–Crippen LogP) is -0.0172. The second-order valence-electron chi connectivity index (χ2n) is 0.830. The molecule has 0 saturated carbocycles. The molecule has 2 nitrogen and oxygen atoms in total. The monoisotopic (exact) mass is 200 g/mol. The Kier molecular flexibility index (Phi) is 3.76. The molecule has 3 heteroatoms. The maximum atomic E-state index is 9.92. The first-order chi connectivity index (χ1) is 2.81. The molecular formula is C3H5IO2. The summed E-state index contributed by atoms with van der Waals surface area (Å²) in [5.41, 5.74) is 0. The van der Waals surface area contributed by atoms with Crippen LogP contribution in [0.4, 0.5) is 0 Å². The van der Waals surface area contributed by atoms with Crippen molar-refractivity contribution < 1.29 is 9.90 Å². The third kappa shape index (κ3) is 2.59. The van der Waals surface area contributed by atoms with Crippen LogP contribution in [0.25, 0.3) is 0 Å². The molecule has 0 aromatic heterocycles. The molecular weight excluding hydrogens is 195 g/mol. The summed E-state index contributed by atoms with van der Waals surface area (Å²) < 4.78 is 0.411. The highest BCUT2D eigenvalue weighted by Gasteiger charge is 1.89. The number of Topliss-reactive ketones (excluding diaryl/α,β-unsaturated/α-hetero) is 1. The maximum Gasteiger partial charge on any atom is 0.167 e. The van der Waals surface area contributed by atoms with E-state index < -0.39 is 0 Å². The topological polar surface area (TPSA) is 37.3 Å². The number of carbonyl (C=O) groups is 1. The van der Waals surface area contributed by atoms with Crippen molar-refractivity contribution in [1.82, 2.24) is 0 Å². The van der Waals surface area contributed by atoms with E-state index >= 15 is 0 Å². The van der Waals surface area contributed by atoms with E-state index in [0.717, 1.165) is 0 Å². The van der Waals surface area contributed by atoms with E-state index in [1.165, 1.54) is 0 Å². The molecule has 1 N–H and O–H groups in total. The van der Waals surface area contributed by atoms with Gasteiger partial charge in [0.1, 0.15) is 6.61 Å². The van der Waals surface area contributed by atoms with Crippen LogP contribution in [0.5, 0.6) is 0 Å². The van der Waals surface area contributed by atoms with Gasteiger partial charge in [0.15, 0.2) is 5.78 Å². The summed E-state index contributed by atoms with van der Waals surface area (Å²) in [5.74, 6) is -0.115. The van der Waals surface area contributed by atoms with E-state index in [4.69, 9.17) is 5.11 Å². The largest absolute Gasteiger partial charge is 0.389 e. The maximum absolute atomic E-state index is 9.92. The third-order valence-electron chi connectivity index (χ3n) is 0.325. The highest BCUT2D eigenvalue weighted by molar-refractivity contribution is 14.1. The summed E-state index contributed by atoms with van der Waals surface area (Å²) in [4.78, 5) is 9.92. The van der Waals surface area contributed by atoms with E-state index in [9.17, 15) is 4.79 Å². The molecule has 0 aliphatic rings. The lowest BCUT2D eigenvalue weighted by Gasteiger charge is -1.79. The summed E-state index contributed by atoms with van der Waals surface area (Å²) >= 11 is 1.90. The van der Waals surface area contributed by atoms with Crippen molar-refractivity contribution in [3.8, 4) is 0 Å². The second kappa shape index (κ2) is 3.55. The van der Waals surface area contributed by atoms with Gasteiger partial charge in [0, 0.05) is 0 Å². The van der Waals surface area contributed by atoms with Gasteiger partial charge in [0.25, 0.3) is 0 Å². The lowest BCUT2D eigenvalue weighted by molar-refractivity contribution is -0.118. The minimum Gasteiger partial charge on any atom is -0.389 e. The molecule has 0 unspecified atom stereocenters. The number of halogens is 1. The van der Waals surface area contributed by atoms with E-state index in [1.807, 2.05) is 22.6 Å². The Morgan fingerprint density at radius 1 is 1.83 bits per heavy atom. The fraction of sp³-hybridized carbons (Fsp3) is 0.667. The lowest BCUT2D eigenvalue weighted by atomic mass is 10.5. The van der Waals surface area contributed by atoms with Crippen LogP contribution in [0.2, 0.25) is 0 Å². The molecule has 0 aliphatic carbocycles. The molecule has 0 aromatic carbocycles. The first kappa shape index (κ1) is 6.36. The van der Waals surface area contributed by atoms with Gasteiger partial charge in [0.05, 0.1) is 4.43 Å². The van der Waals surface area contributed by atoms with Crippen LogP contribution in [0, 0.1) is 0 Å². The van der Waals surface area contributed by atoms with Gasteiger partial charge in [-0.25, -0.2) is 0 Å². The molecule has 0 spiro atoms. The molecule has 0 rings (SSSR count). The van der Waals surface area contributed by atoms with Crippen molar-refractivity contribution in [1.29, 1.82) is 0 Å². The fourth-order valence-corrected chi connectivity index (χ4v) is 0.283. The summed E-state index contributed by atoms with van der Waals surface area (Å²) in [6, 6.07) is 0. The van der Waals surface area contributed by atoms with Crippen LogP contribution in [-0.2, 0) is 4.79 Å². The number of alkyl halides is 1. The third-order valence-corrected chi connectivity index (χ3v) is 1.18. The molecule has 0 amide bonds. The first-order valence-corrected chi connectivity index (χ1v) is 3.02. The van der Waals surface area contributed by atoms with Crippen molar-refractivity contribution in [3.63, 3.8) is 0 Å². The predicted molar refractivity (Wildman–Crippen MR) is 31.0 cm³/mol. The summed E-state index contributed by atoms with van der Waals surface area (Å²) in [7, 11) is 0. The van der Waals surface area contributed by atoms with Gasteiger partial charge in [-0.05, 0) is 0 Å². The van der Waals surface area contributed by atoms with E-state index in [2.05, 4.69) is 0 Å². The number of ketones is 1. The number of rotatable bonds is 2. The van der Waals surface area contributed by atoms with E-state index in [0.29, 0.717) is 4.43 Å². The number of hydrogen-bond donors (Lipinski definition) is 1. The smallest absolute Gasteiger partial charge is 0.167 e. The minimum atomic E-state index is -0.317. The normalized spacial score (nSPS) is 8.33. The highest BCUT2D eigenvalue weighted by Crippen LogP contribution is 1.79. The number of aliphatic hydroxyl groups is 1. The van der Waals surface area contributed by atoms with Crippen LogP contribution in [0.3, 0.4) is 0 Å². The average molecular weight is 200 g/mol. The molecule has 0 bridgehead atoms. The van der Waals surface area contributed by atoms with Crippen molar-refractivity contribution in [2.45, 2.75) is 0 Å². The minimum absolute atomic E-state index is 0.115. The Morgan fingerprint density at radius 2 is 2.33 bits per heavy atom. The van der Waals surface area contributed by atoms with Crippen LogP contribution in [-0.4, -0.2) is 21.9 Å². The van der Waals surface area contributed by atoms with Crippen LogP contribution in [0.15, 0.2) is 0 Å². The molecule has 0 radical (unpaired) electrons. The van der Waals surface area contributed by atoms with Crippen molar-refractivity contribution >= 4 is 28.4 Å². The van der Waals surface area contributed by atoms with Crippen molar-refractivity contribution in [2.24, 2.45) is 0 Å². The quantitative estimate of drug-likeness (QED) is 0.502. The Morgan fingerprint density at radius 3 is 2.33 bits per heavy atom. The molecule has 0 saturated heterocycles. The standard InChI is InChI=1S/C3H5IO2/c4-1-3(6)2-5/h5H,1-2H2. The molecule has 0 aromatic rings. The van der Waals surface area contributed by atoms with Crippen molar-refractivity contribution in [2.75, 3.05) is 11.0 Å². The molecule has 36 valence electrons. The SMILES string of the molecule is O=C(CO)CI. The van der Waals surface area contributed by atoms with E-state index in [1.54, 1.807) is 0 Å². The Bertz CT molecular complexity index is 46.8. The van der Waals surface area contributed by atoms with E-state index in [-0.39, 0.29) is 12.4 Å². The molecule has 0 fully saturated rings. The molecule has 0 aliphatic heterocycles. The van der Waals surface area contributed by atoms with Gasteiger partial charge in [-0.2, -0.15) is 0 Å². The second-order valence-corrected chi connectivity index (χ2v) is 1.59. The number of carbonyl (C=O) groups excluding carboxylic acids is 1. The van der Waals surface area contributed by atoms with Gasteiger partial charge >= 0.3 is 0 Å². The Labute approximate surface area is 49.7 Å². The fourth-order valence-electron chi connectivity index (χ4n) is 0.0423. The van der Waals surface area contributed by atoms with Crippen LogP contribution >= 0.6 is 22.6 Å². The van der Waals surface area contributed by atoms with Crippen LogP contribution < -0.4 is 0 Å². The van der Waals surface area contributed by atoms with Gasteiger partial charge in [-0.15, -0.1) is 0 Å². The number of hydrogen-bond acceptors (Lipinski definition) is 2. The zero-order valence-corrected chi connectivity index (χ0v) is 5.31. The van der Waals surface area contributed by atoms with Crippen LogP contribution in [0.1, 0.15) is 0 Å². The Balaban J connectivity index is 2.99. The average Bonchev–Trinajstić information content (AvgIpc) is 1.65.